The van der Waals surface area contributed by atoms with Crippen LogP contribution in [0.15, 0.2) is 0 Å². The van der Waals surface area contributed by atoms with Gasteiger partial charge in [0.15, 0.2) is 0 Å². The fourth-order valence-electron chi connectivity index (χ4n) is 2.20. The van der Waals surface area contributed by atoms with Crippen molar-refractivity contribution < 1.29 is 17.9 Å². The summed E-state index contributed by atoms with van der Waals surface area (Å²) in [6.07, 6.45) is 2.30. The Morgan fingerprint density at radius 3 is 2.79 bits per heavy atom. The fourth-order valence-corrected chi connectivity index (χ4v) is 2.74. The Morgan fingerprint density at radius 1 is 1.58 bits per heavy atom. The van der Waals surface area contributed by atoms with Crippen LogP contribution in [0, 0.1) is 5.92 Å². The lowest BCUT2D eigenvalue weighted by Gasteiger charge is -2.34. The van der Waals surface area contributed by atoms with Crippen molar-refractivity contribution in [1.82, 2.24) is 9.62 Å². The number of sulfonamides is 1. The molecule has 112 valence electrons. The van der Waals surface area contributed by atoms with E-state index < -0.39 is 16.1 Å². The minimum absolute atomic E-state index is 0.117. The van der Waals surface area contributed by atoms with E-state index in [4.69, 9.17) is 10.5 Å². The van der Waals surface area contributed by atoms with Crippen molar-refractivity contribution in [3.8, 4) is 0 Å². The van der Waals surface area contributed by atoms with E-state index in [0.717, 1.165) is 19.1 Å². The Morgan fingerprint density at radius 2 is 2.26 bits per heavy atom. The number of hydrogen-bond donors (Lipinski definition) is 2. The van der Waals surface area contributed by atoms with Gasteiger partial charge in [0.1, 0.15) is 6.10 Å². The molecule has 19 heavy (non-hydrogen) atoms. The van der Waals surface area contributed by atoms with Crippen LogP contribution in [0.4, 0.5) is 0 Å². The molecule has 1 heterocycles. The maximum absolute atomic E-state index is 12.1. The fraction of sp³-hybridized carbons (Fsp3) is 0.909. The van der Waals surface area contributed by atoms with E-state index >= 15 is 0 Å². The highest BCUT2D eigenvalue weighted by atomic mass is 32.2. The summed E-state index contributed by atoms with van der Waals surface area (Å²) < 4.78 is 29.6. The van der Waals surface area contributed by atoms with Crippen LogP contribution < -0.4 is 10.5 Å². The number of amides is 1. The van der Waals surface area contributed by atoms with Crippen molar-refractivity contribution in [3.05, 3.63) is 0 Å². The minimum atomic E-state index is -3.19. The summed E-state index contributed by atoms with van der Waals surface area (Å²) in [6, 6.07) is 0. The van der Waals surface area contributed by atoms with Crippen LogP contribution in [0.1, 0.15) is 12.8 Å². The van der Waals surface area contributed by atoms with Gasteiger partial charge in [0.2, 0.25) is 10.0 Å². The summed E-state index contributed by atoms with van der Waals surface area (Å²) in [5.74, 6) is 0.0248. The number of carbonyl (C=O) groups is 1. The molecule has 1 amide bonds. The molecule has 0 aromatic carbocycles. The van der Waals surface area contributed by atoms with Crippen molar-refractivity contribution in [1.29, 1.82) is 0 Å². The molecule has 0 radical (unpaired) electrons. The standard InChI is InChI=1S/C11H23N3O4S/c1-18-10(6-12)11(15)14-5-3-4-9(8-14)7-13-19(2,16)17/h9-10,13H,3-8,12H2,1-2H3. The lowest BCUT2D eigenvalue weighted by atomic mass is 9.98. The zero-order valence-corrected chi connectivity index (χ0v) is 12.3. The van der Waals surface area contributed by atoms with E-state index in [-0.39, 0.29) is 18.4 Å². The molecular weight excluding hydrogens is 270 g/mol. The molecule has 0 spiro atoms. The number of nitrogens with two attached hydrogens (primary N) is 1. The highest BCUT2D eigenvalue weighted by Gasteiger charge is 2.28. The molecule has 0 aliphatic carbocycles. The summed E-state index contributed by atoms with van der Waals surface area (Å²) in [6.45, 7) is 1.73. The number of carbonyl (C=O) groups excluding carboxylic acids is 1. The lowest BCUT2D eigenvalue weighted by Crippen LogP contribution is -2.49. The Kier molecular flexibility index (Phi) is 6.18. The molecule has 0 saturated carbocycles. The first-order chi connectivity index (χ1) is 8.87. The van der Waals surface area contributed by atoms with Crippen molar-refractivity contribution >= 4 is 15.9 Å². The summed E-state index contributed by atoms with van der Waals surface area (Å²) >= 11 is 0. The van der Waals surface area contributed by atoms with Crippen molar-refractivity contribution in [3.63, 3.8) is 0 Å². The predicted molar refractivity (Wildman–Crippen MR) is 72.0 cm³/mol. The topological polar surface area (TPSA) is 102 Å². The first kappa shape index (κ1) is 16.4. The highest BCUT2D eigenvalue weighted by Crippen LogP contribution is 2.17. The van der Waals surface area contributed by atoms with E-state index in [2.05, 4.69) is 4.72 Å². The third-order valence-electron chi connectivity index (χ3n) is 3.24. The van der Waals surface area contributed by atoms with Gasteiger partial charge >= 0.3 is 0 Å². The normalized spacial score (nSPS) is 22.3. The molecule has 2 atom stereocenters. The molecular formula is C11H23N3O4S. The number of ether oxygens (including phenoxy) is 1. The monoisotopic (exact) mass is 293 g/mol. The SMILES string of the molecule is COC(CN)C(=O)N1CCCC(CNS(C)(=O)=O)C1. The first-order valence-corrected chi connectivity index (χ1v) is 8.22. The van der Waals surface area contributed by atoms with E-state index in [1.807, 2.05) is 0 Å². The molecule has 1 saturated heterocycles. The Balaban J connectivity index is 2.52. The van der Waals surface area contributed by atoms with Crippen molar-refractivity contribution in [2.45, 2.75) is 18.9 Å². The average Bonchev–Trinajstić information content (AvgIpc) is 2.37. The lowest BCUT2D eigenvalue weighted by molar-refractivity contribution is -0.143. The van der Waals surface area contributed by atoms with Gasteiger partial charge in [-0.3, -0.25) is 4.79 Å². The van der Waals surface area contributed by atoms with Crippen molar-refractivity contribution in [2.24, 2.45) is 11.7 Å². The zero-order valence-electron chi connectivity index (χ0n) is 11.5. The van der Waals surface area contributed by atoms with Gasteiger partial charge in [0, 0.05) is 33.3 Å². The summed E-state index contributed by atoms with van der Waals surface area (Å²) in [5.41, 5.74) is 5.48. The van der Waals surface area contributed by atoms with Crippen LogP contribution >= 0.6 is 0 Å². The number of methoxy groups -OCH3 is 1. The van der Waals surface area contributed by atoms with Gasteiger partial charge in [-0.25, -0.2) is 13.1 Å². The molecule has 0 bridgehead atoms. The van der Waals surface area contributed by atoms with Crippen LogP contribution in [-0.2, 0) is 19.6 Å². The van der Waals surface area contributed by atoms with Crippen LogP contribution in [0.5, 0.6) is 0 Å². The van der Waals surface area contributed by atoms with Gasteiger partial charge in [0.25, 0.3) is 5.91 Å². The average molecular weight is 293 g/mol. The second-order valence-corrected chi connectivity index (χ2v) is 6.71. The number of rotatable bonds is 6. The smallest absolute Gasteiger partial charge is 0.253 e. The highest BCUT2D eigenvalue weighted by molar-refractivity contribution is 7.88. The maximum atomic E-state index is 12.1. The second kappa shape index (κ2) is 7.18. The summed E-state index contributed by atoms with van der Waals surface area (Å²) in [5, 5.41) is 0. The Hall–Kier alpha value is -0.700. The quantitative estimate of drug-likeness (QED) is 0.637. The van der Waals surface area contributed by atoms with E-state index in [0.29, 0.717) is 19.6 Å². The second-order valence-electron chi connectivity index (χ2n) is 4.87. The van der Waals surface area contributed by atoms with Crippen LogP contribution in [-0.4, -0.2) is 64.9 Å². The molecule has 3 N–H and O–H groups in total. The van der Waals surface area contributed by atoms with E-state index in [1.54, 1.807) is 4.90 Å². The minimum Gasteiger partial charge on any atom is -0.370 e. The van der Waals surface area contributed by atoms with Crippen LogP contribution in [0.2, 0.25) is 0 Å². The number of nitrogens with one attached hydrogen (secondary N) is 1. The Labute approximate surface area is 114 Å². The first-order valence-electron chi connectivity index (χ1n) is 6.33. The van der Waals surface area contributed by atoms with E-state index in [9.17, 15) is 13.2 Å². The third kappa shape index (κ3) is 5.43. The largest absolute Gasteiger partial charge is 0.370 e. The van der Waals surface area contributed by atoms with E-state index in [1.165, 1.54) is 7.11 Å². The molecule has 0 aromatic heterocycles. The van der Waals surface area contributed by atoms with Gasteiger partial charge in [-0.15, -0.1) is 0 Å². The van der Waals surface area contributed by atoms with Gasteiger partial charge < -0.3 is 15.4 Å². The van der Waals surface area contributed by atoms with Crippen molar-refractivity contribution in [2.75, 3.05) is 39.5 Å². The molecule has 2 unspecified atom stereocenters. The van der Waals surface area contributed by atoms with Crippen LogP contribution in [0.25, 0.3) is 0 Å². The molecule has 1 rings (SSSR count). The summed E-state index contributed by atoms with van der Waals surface area (Å²) in [7, 11) is -1.72. The Bertz CT molecular complexity index is 395. The number of hydrogen-bond acceptors (Lipinski definition) is 5. The van der Waals surface area contributed by atoms with Crippen LogP contribution in [0.3, 0.4) is 0 Å². The van der Waals surface area contributed by atoms with Gasteiger partial charge in [0.05, 0.1) is 6.26 Å². The molecule has 1 aliphatic heterocycles. The molecule has 7 nitrogen and oxygen atoms in total. The van der Waals surface area contributed by atoms with Gasteiger partial charge in [-0.1, -0.05) is 0 Å². The number of nitrogens with zero attached hydrogens (tertiary/aromatic N) is 1. The molecule has 1 fully saturated rings. The molecule has 8 heteroatoms. The van der Waals surface area contributed by atoms with Gasteiger partial charge in [-0.05, 0) is 18.8 Å². The predicted octanol–water partition coefficient (Wildman–Crippen LogP) is -1.25. The molecule has 0 aromatic rings. The summed E-state index contributed by atoms with van der Waals surface area (Å²) in [4.78, 5) is 13.8. The number of piperidine rings is 1. The maximum Gasteiger partial charge on any atom is 0.253 e. The zero-order chi connectivity index (χ0) is 14.5. The van der Waals surface area contributed by atoms with Gasteiger partial charge in [-0.2, -0.15) is 0 Å². The third-order valence-corrected chi connectivity index (χ3v) is 3.93. The molecule has 1 aliphatic rings. The number of likely N-dealkylation sites (tertiary alicyclic amines) is 1.